The Balaban J connectivity index is 1.37. The first-order valence-electron chi connectivity index (χ1n) is 8.95. The first kappa shape index (κ1) is 15.4. The van der Waals surface area contributed by atoms with E-state index in [9.17, 15) is 9.59 Å². The van der Waals surface area contributed by atoms with Crippen LogP contribution in [0.5, 0.6) is 5.75 Å². The number of allylic oxidation sites excluding steroid dienone is 2. The Morgan fingerprint density at radius 2 is 1.88 bits per heavy atom. The fraction of sp³-hybridized carbons (Fsp3) is 0.381. The molecule has 0 unspecified atom stereocenters. The number of benzene rings is 1. The van der Waals surface area contributed by atoms with Crippen LogP contribution in [-0.2, 0) is 9.59 Å². The Bertz CT molecular complexity index is 861. The summed E-state index contributed by atoms with van der Waals surface area (Å²) in [6, 6.07) is 7.23. The Kier molecular flexibility index (Phi) is 3.30. The number of carbonyl (C=O) groups excluding carboxylic acids is 2. The number of ether oxygens (including phenoxy) is 1. The van der Waals surface area contributed by atoms with E-state index < -0.39 is 0 Å². The van der Waals surface area contributed by atoms with Gasteiger partial charge >= 0.3 is 0 Å². The third kappa shape index (κ3) is 2.15. The zero-order valence-corrected chi connectivity index (χ0v) is 14.1. The van der Waals surface area contributed by atoms with Crippen molar-refractivity contribution in [1.29, 1.82) is 0 Å². The van der Waals surface area contributed by atoms with E-state index in [1.807, 2.05) is 12.1 Å². The van der Waals surface area contributed by atoms with E-state index in [1.165, 1.54) is 6.21 Å². The molecule has 6 rings (SSSR count). The van der Waals surface area contributed by atoms with E-state index >= 15 is 0 Å². The van der Waals surface area contributed by atoms with Crippen molar-refractivity contribution < 1.29 is 14.3 Å². The lowest BCUT2D eigenvalue weighted by Gasteiger charge is -2.37. The Morgan fingerprint density at radius 1 is 1.19 bits per heavy atom. The molecule has 1 aromatic carbocycles. The molecule has 0 spiro atoms. The lowest BCUT2D eigenvalue weighted by molar-refractivity contribution is -0.140. The fourth-order valence-corrected chi connectivity index (χ4v) is 4.99. The van der Waals surface area contributed by atoms with E-state index in [0.29, 0.717) is 17.6 Å². The van der Waals surface area contributed by atoms with Gasteiger partial charge in [0.25, 0.3) is 11.8 Å². The van der Waals surface area contributed by atoms with Crippen LogP contribution in [0.4, 0.5) is 0 Å². The third-order valence-electron chi connectivity index (χ3n) is 6.14. The molecule has 2 saturated carbocycles. The lowest BCUT2D eigenvalue weighted by atomic mass is 9.63. The van der Waals surface area contributed by atoms with E-state index in [-0.39, 0.29) is 42.1 Å². The second-order valence-electron chi connectivity index (χ2n) is 7.45. The van der Waals surface area contributed by atoms with Gasteiger partial charge < -0.3 is 4.74 Å². The second-order valence-corrected chi connectivity index (χ2v) is 7.45. The Hall–Kier alpha value is -2.87. The molecule has 1 heterocycles. The van der Waals surface area contributed by atoms with Crippen LogP contribution in [0.15, 0.2) is 41.5 Å². The van der Waals surface area contributed by atoms with Crippen molar-refractivity contribution >= 4 is 18.0 Å². The second kappa shape index (κ2) is 5.57. The van der Waals surface area contributed by atoms with Crippen LogP contribution in [-0.4, -0.2) is 29.6 Å². The summed E-state index contributed by atoms with van der Waals surface area (Å²) >= 11 is 0. The molecule has 1 aliphatic heterocycles. The van der Waals surface area contributed by atoms with Crippen LogP contribution in [0.3, 0.4) is 0 Å². The molecule has 5 aliphatic rings. The van der Waals surface area contributed by atoms with Gasteiger partial charge in [-0.2, -0.15) is 10.1 Å². The molecule has 6 atom stereocenters. The van der Waals surface area contributed by atoms with Crippen LogP contribution in [0.2, 0.25) is 0 Å². The van der Waals surface area contributed by atoms with E-state index in [4.69, 9.17) is 11.2 Å². The molecular formula is C21H18N2O3. The van der Waals surface area contributed by atoms with Gasteiger partial charge in [-0.05, 0) is 47.8 Å². The number of terminal acetylenes is 1. The fourth-order valence-electron chi connectivity index (χ4n) is 4.99. The first-order chi connectivity index (χ1) is 12.7. The van der Waals surface area contributed by atoms with Gasteiger partial charge in [0.1, 0.15) is 12.4 Å². The predicted molar refractivity (Wildman–Crippen MR) is 94.9 cm³/mol. The van der Waals surface area contributed by atoms with Crippen LogP contribution in [0.25, 0.3) is 0 Å². The number of hydrogen-bond acceptors (Lipinski definition) is 4. The quantitative estimate of drug-likeness (QED) is 0.363. The van der Waals surface area contributed by atoms with E-state index in [0.717, 1.165) is 17.0 Å². The number of hydrogen-bond donors (Lipinski definition) is 0. The number of imide groups is 1. The monoisotopic (exact) mass is 346 g/mol. The molecule has 2 bridgehead atoms. The van der Waals surface area contributed by atoms with Crippen LogP contribution in [0, 0.1) is 47.9 Å². The lowest BCUT2D eigenvalue weighted by Crippen LogP contribution is -2.40. The van der Waals surface area contributed by atoms with Crippen molar-refractivity contribution in [2.75, 3.05) is 6.61 Å². The summed E-state index contributed by atoms with van der Waals surface area (Å²) in [4.78, 5) is 25.7. The van der Waals surface area contributed by atoms with E-state index in [1.54, 1.807) is 12.1 Å². The highest BCUT2D eigenvalue weighted by Crippen LogP contribution is 2.65. The number of amides is 2. The standard InChI is InChI=1S/C21H18N2O3/c1-2-8-26-13-5-3-4-12(9-13)11-22-23-20(24)18-14-6-7-15(17-10-16(14)17)19(18)21(23)25/h1,3-7,9,11,14-19H,8,10H2/b22-11-/t14-,15-,16-,17-,18-,19+/m0/s1. The summed E-state index contributed by atoms with van der Waals surface area (Å²) in [5.74, 6) is 3.92. The number of hydrazone groups is 1. The van der Waals surface area contributed by atoms with Crippen LogP contribution >= 0.6 is 0 Å². The molecule has 26 heavy (non-hydrogen) atoms. The van der Waals surface area contributed by atoms with E-state index in [2.05, 4.69) is 23.2 Å². The normalized spacial score (nSPS) is 36.2. The summed E-state index contributed by atoms with van der Waals surface area (Å²) in [6.07, 6.45) is 12.2. The van der Waals surface area contributed by atoms with Gasteiger partial charge in [-0.3, -0.25) is 9.59 Å². The molecule has 4 aliphatic carbocycles. The molecule has 0 aromatic heterocycles. The van der Waals surface area contributed by atoms with Gasteiger partial charge in [0.05, 0.1) is 18.1 Å². The minimum absolute atomic E-state index is 0.152. The zero-order chi connectivity index (χ0) is 17.8. The smallest absolute Gasteiger partial charge is 0.254 e. The third-order valence-corrected chi connectivity index (χ3v) is 6.14. The molecular weight excluding hydrogens is 328 g/mol. The summed E-state index contributed by atoms with van der Waals surface area (Å²) < 4.78 is 5.39. The minimum atomic E-state index is -0.219. The Labute approximate surface area is 151 Å². The molecule has 5 nitrogen and oxygen atoms in total. The highest BCUT2D eigenvalue weighted by molar-refractivity contribution is 6.06. The Morgan fingerprint density at radius 3 is 2.54 bits per heavy atom. The molecule has 0 N–H and O–H groups in total. The largest absolute Gasteiger partial charge is 0.481 e. The number of rotatable bonds is 4. The molecule has 3 fully saturated rings. The molecule has 1 aromatic rings. The van der Waals surface area contributed by atoms with Crippen molar-refractivity contribution in [3.63, 3.8) is 0 Å². The molecule has 2 amide bonds. The maximum Gasteiger partial charge on any atom is 0.254 e. The topological polar surface area (TPSA) is 59.0 Å². The highest BCUT2D eigenvalue weighted by atomic mass is 16.5. The maximum absolute atomic E-state index is 12.8. The zero-order valence-electron chi connectivity index (χ0n) is 14.1. The van der Waals surface area contributed by atoms with Gasteiger partial charge in [-0.25, -0.2) is 0 Å². The van der Waals surface area contributed by atoms with Gasteiger partial charge in [0.15, 0.2) is 0 Å². The number of carbonyl (C=O) groups is 2. The summed E-state index contributed by atoms with van der Waals surface area (Å²) in [5.41, 5.74) is 0.749. The van der Waals surface area contributed by atoms with Crippen molar-refractivity contribution in [2.45, 2.75) is 6.42 Å². The molecule has 0 radical (unpaired) electrons. The average molecular weight is 346 g/mol. The molecule has 5 heteroatoms. The van der Waals surface area contributed by atoms with Crippen molar-refractivity contribution in [2.24, 2.45) is 40.6 Å². The highest BCUT2D eigenvalue weighted by Gasteiger charge is 2.67. The SMILES string of the molecule is C#CCOc1cccc(/C=N\N2C(=O)[C@@H]3[C@H]4C=C[C@@H]([C@@H]5C[C@@H]45)[C@@H]3C2=O)c1. The summed E-state index contributed by atoms with van der Waals surface area (Å²) in [7, 11) is 0. The van der Waals surface area contributed by atoms with Crippen molar-refractivity contribution in [1.82, 2.24) is 5.01 Å². The number of nitrogens with zero attached hydrogens (tertiary/aromatic N) is 2. The maximum atomic E-state index is 12.8. The van der Waals surface area contributed by atoms with Crippen LogP contribution < -0.4 is 4.74 Å². The summed E-state index contributed by atoms with van der Waals surface area (Å²) in [5, 5.41) is 5.31. The average Bonchev–Trinajstić information content (AvgIpc) is 3.44. The molecule has 1 saturated heterocycles. The van der Waals surface area contributed by atoms with Gasteiger partial charge in [-0.15, -0.1) is 6.42 Å². The van der Waals surface area contributed by atoms with Crippen molar-refractivity contribution in [3.8, 4) is 18.1 Å². The first-order valence-corrected chi connectivity index (χ1v) is 8.95. The minimum Gasteiger partial charge on any atom is -0.481 e. The van der Waals surface area contributed by atoms with Gasteiger partial charge in [-0.1, -0.05) is 30.2 Å². The molecule has 130 valence electrons. The summed E-state index contributed by atoms with van der Waals surface area (Å²) in [6.45, 7) is 0.186. The van der Waals surface area contributed by atoms with Gasteiger partial charge in [0.2, 0.25) is 0 Å². The van der Waals surface area contributed by atoms with Crippen LogP contribution in [0.1, 0.15) is 12.0 Å². The van der Waals surface area contributed by atoms with Gasteiger partial charge in [0, 0.05) is 0 Å². The predicted octanol–water partition coefficient (Wildman–Crippen LogP) is 2.09. The van der Waals surface area contributed by atoms with Crippen molar-refractivity contribution in [3.05, 3.63) is 42.0 Å².